The van der Waals surface area contributed by atoms with Gasteiger partial charge in [-0.3, -0.25) is 4.79 Å². The number of fused-ring (bicyclic) bond motifs is 1. The monoisotopic (exact) mass is 255 g/mol. The summed E-state index contributed by atoms with van der Waals surface area (Å²) < 4.78 is 1.57. The van der Waals surface area contributed by atoms with E-state index in [-0.39, 0.29) is 12.2 Å². The zero-order valence-electron chi connectivity index (χ0n) is 10.8. The SMILES string of the molecule is O=c1ccc(-c2cccc3c2CCC3)cn1CCO. The molecule has 1 aromatic heterocycles. The van der Waals surface area contributed by atoms with Gasteiger partial charge in [0, 0.05) is 18.8 Å². The van der Waals surface area contributed by atoms with Gasteiger partial charge in [-0.05, 0) is 47.6 Å². The normalized spacial score (nSPS) is 13.5. The Morgan fingerprint density at radius 3 is 2.89 bits per heavy atom. The lowest BCUT2D eigenvalue weighted by Gasteiger charge is -2.11. The molecular formula is C16H17NO2. The predicted molar refractivity (Wildman–Crippen MR) is 75.2 cm³/mol. The molecule has 0 spiro atoms. The van der Waals surface area contributed by atoms with E-state index in [1.807, 2.05) is 12.3 Å². The largest absolute Gasteiger partial charge is 0.395 e. The number of nitrogens with zero attached hydrogens (tertiary/aromatic N) is 1. The molecule has 0 atom stereocenters. The molecule has 1 aliphatic rings. The summed E-state index contributed by atoms with van der Waals surface area (Å²) in [4.78, 5) is 11.7. The van der Waals surface area contributed by atoms with Gasteiger partial charge in [-0.25, -0.2) is 0 Å². The minimum atomic E-state index is -0.0645. The summed E-state index contributed by atoms with van der Waals surface area (Å²) >= 11 is 0. The molecule has 19 heavy (non-hydrogen) atoms. The van der Waals surface area contributed by atoms with E-state index in [1.54, 1.807) is 10.6 Å². The first kappa shape index (κ1) is 12.2. The van der Waals surface area contributed by atoms with Crippen LogP contribution in [0.1, 0.15) is 17.5 Å². The van der Waals surface area contributed by atoms with Crippen LogP contribution in [0.5, 0.6) is 0 Å². The van der Waals surface area contributed by atoms with Crippen molar-refractivity contribution >= 4 is 0 Å². The fourth-order valence-electron chi connectivity index (χ4n) is 2.86. The lowest BCUT2D eigenvalue weighted by molar-refractivity contribution is 0.274. The van der Waals surface area contributed by atoms with Crippen molar-refractivity contribution in [3.05, 3.63) is 58.0 Å². The van der Waals surface area contributed by atoms with E-state index in [1.165, 1.54) is 23.1 Å². The van der Waals surface area contributed by atoms with Crippen molar-refractivity contribution in [2.45, 2.75) is 25.8 Å². The number of rotatable bonds is 3. The van der Waals surface area contributed by atoms with Crippen molar-refractivity contribution in [3.63, 3.8) is 0 Å². The highest BCUT2D eigenvalue weighted by molar-refractivity contribution is 5.68. The van der Waals surface area contributed by atoms with Gasteiger partial charge in [0.2, 0.25) is 0 Å². The highest BCUT2D eigenvalue weighted by Crippen LogP contribution is 2.31. The van der Waals surface area contributed by atoms with E-state index in [0.29, 0.717) is 6.54 Å². The van der Waals surface area contributed by atoms with E-state index in [9.17, 15) is 4.79 Å². The maximum atomic E-state index is 11.7. The van der Waals surface area contributed by atoms with E-state index in [2.05, 4.69) is 18.2 Å². The molecule has 2 aromatic rings. The van der Waals surface area contributed by atoms with Crippen molar-refractivity contribution in [2.75, 3.05) is 6.61 Å². The summed E-state index contributed by atoms with van der Waals surface area (Å²) in [7, 11) is 0. The summed E-state index contributed by atoms with van der Waals surface area (Å²) in [6.45, 7) is 0.331. The Bertz CT molecular complexity index is 658. The van der Waals surface area contributed by atoms with Gasteiger partial charge < -0.3 is 9.67 Å². The molecule has 98 valence electrons. The van der Waals surface area contributed by atoms with Crippen LogP contribution >= 0.6 is 0 Å². The van der Waals surface area contributed by atoms with Crippen molar-refractivity contribution in [3.8, 4) is 11.1 Å². The number of hydrogen-bond donors (Lipinski definition) is 1. The molecule has 3 nitrogen and oxygen atoms in total. The van der Waals surface area contributed by atoms with Crippen LogP contribution in [0.4, 0.5) is 0 Å². The number of aryl methyl sites for hydroxylation is 1. The first-order valence-corrected chi connectivity index (χ1v) is 6.72. The van der Waals surface area contributed by atoms with Crippen molar-refractivity contribution in [1.82, 2.24) is 4.57 Å². The summed E-state index contributed by atoms with van der Waals surface area (Å²) in [5.41, 5.74) is 5.06. The fourth-order valence-corrected chi connectivity index (χ4v) is 2.86. The number of aromatic nitrogens is 1. The molecule has 0 amide bonds. The van der Waals surface area contributed by atoms with Crippen molar-refractivity contribution in [1.29, 1.82) is 0 Å². The van der Waals surface area contributed by atoms with Crippen LogP contribution in [0.15, 0.2) is 41.3 Å². The van der Waals surface area contributed by atoms with Crippen LogP contribution in [0, 0.1) is 0 Å². The molecule has 1 heterocycles. The van der Waals surface area contributed by atoms with Crippen molar-refractivity contribution in [2.24, 2.45) is 0 Å². The molecular weight excluding hydrogens is 238 g/mol. The number of aliphatic hydroxyl groups is 1. The zero-order valence-corrected chi connectivity index (χ0v) is 10.8. The first-order valence-electron chi connectivity index (χ1n) is 6.72. The topological polar surface area (TPSA) is 42.2 Å². The molecule has 0 fully saturated rings. The van der Waals surface area contributed by atoms with E-state index in [0.717, 1.165) is 18.4 Å². The van der Waals surface area contributed by atoms with Gasteiger partial charge in [-0.1, -0.05) is 18.2 Å². The Morgan fingerprint density at radius 2 is 2.05 bits per heavy atom. The molecule has 0 saturated carbocycles. The minimum Gasteiger partial charge on any atom is -0.395 e. The number of benzene rings is 1. The Morgan fingerprint density at radius 1 is 1.16 bits per heavy atom. The van der Waals surface area contributed by atoms with Crippen molar-refractivity contribution < 1.29 is 5.11 Å². The van der Waals surface area contributed by atoms with Gasteiger partial charge in [-0.15, -0.1) is 0 Å². The summed E-state index contributed by atoms with van der Waals surface area (Å²) in [6, 6.07) is 9.85. The second-order valence-electron chi connectivity index (χ2n) is 4.97. The van der Waals surface area contributed by atoms with Gasteiger partial charge in [-0.2, -0.15) is 0 Å². The maximum Gasteiger partial charge on any atom is 0.250 e. The van der Waals surface area contributed by atoms with E-state index in [4.69, 9.17) is 5.11 Å². The van der Waals surface area contributed by atoms with Gasteiger partial charge in [0.1, 0.15) is 0 Å². The maximum absolute atomic E-state index is 11.7. The number of hydrogen-bond acceptors (Lipinski definition) is 2. The quantitative estimate of drug-likeness (QED) is 0.911. The van der Waals surface area contributed by atoms with Gasteiger partial charge in [0.15, 0.2) is 0 Å². The lowest BCUT2D eigenvalue weighted by Crippen LogP contribution is -2.20. The average Bonchev–Trinajstić information content (AvgIpc) is 2.90. The molecule has 0 radical (unpaired) electrons. The van der Waals surface area contributed by atoms with Gasteiger partial charge in [0.05, 0.1) is 6.61 Å². The molecule has 3 rings (SSSR count). The van der Waals surface area contributed by atoms with Gasteiger partial charge >= 0.3 is 0 Å². The first-order chi connectivity index (χ1) is 9.29. The number of aliphatic hydroxyl groups excluding tert-OH is 1. The third-order valence-corrected chi connectivity index (χ3v) is 3.78. The van der Waals surface area contributed by atoms with Crippen LogP contribution in [-0.4, -0.2) is 16.3 Å². The van der Waals surface area contributed by atoms with Crippen LogP contribution in [0.25, 0.3) is 11.1 Å². The third kappa shape index (κ3) is 2.22. The van der Waals surface area contributed by atoms with E-state index >= 15 is 0 Å². The fraction of sp³-hybridized carbons (Fsp3) is 0.312. The second-order valence-corrected chi connectivity index (χ2v) is 4.97. The Kier molecular flexibility index (Phi) is 3.22. The Hall–Kier alpha value is -1.87. The molecule has 0 saturated heterocycles. The van der Waals surface area contributed by atoms with Crippen LogP contribution in [0.3, 0.4) is 0 Å². The van der Waals surface area contributed by atoms with Crippen LogP contribution in [-0.2, 0) is 19.4 Å². The summed E-state index contributed by atoms with van der Waals surface area (Å²) in [5.74, 6) is 0. The molecule has 0 unspecified atom stereocenters. The smallest absolute Gasteiger partial charge is 0.250 e. The predicted octanol–water partition coefficient (Wildman–Crippen LogP) is 2.00. The highest BCUT2D eigenvalue weighted by atomic mass is 16.3. The molecule has 0 bridgehead atoms. The summed E-state index contributed by atoms with van der Waals surface area (Å²) in [6.07, 6.45) is 5.33. The van der Waals surface area contributed by atoms with E-state index < -0.39 is 0 Å². The molecule has 0 aliphatic heterocycles. The lowest BCUT2D eigenvalue weighted by atomic mass is 9.98. The van der Waals surface area contributed by atoms with Gasteiger partial charge in [0.25, 0.3) is 5.56 Å². The Balaban J connectivity index is 2.10. The molecule has 1 aromatic carbocycles. The minimum absolute atomic E-state index is 0.0176. The summed E-state index contributed by atoms with van der Waals surface area (Å²) in [5, 5.41) is 9.00. The standard InChI is InChI=1S/C16H17NO2/c18-10-9-17-11-13(7-8-16(17)19)15-6-2-4-12-3-1-5-14(12)15/h2,4,6-8,11,18H,1,3,5,9-10H2. The number of pyridine rings is 1. The molecule has 1 aliphatic carbocycles. The highest BCUT2D eigenvalue weighted by Gasteiger charge is 2.15. The molecule has 3 heteroatoms. The average molecular weight is 255 g/mol. The zero-order chi connectivity index (χ0) is 13.2. The second kappa shape index (κ2) is 5.02. The molecule has 1 N–H and O–H groups in total. The third-order valence-electron chi connectivity index (χ3n) is 3.78. The van der Waals surface area contributed by atoms with Crippen LogP contribution in [0.2, 0.25) is 0 Å². The van der Waals surface area contributed by atoms with Crippen LogP contribution < -0.4 is 5.56 Å². The Labute approximate surface area is 112 Å².